The Balaban J connectivity index is 1.60. The van der Waals surface area contributed by atoms with Crippen molar-refractivity contribution in [2.24, 2.45) is 0 Å². The van der Waals surface area contributed by atoms with Gasteiger partial charge in [-0.25, -0.2) is 0 Å². The molecule has 2 aromatic carbocycles. The first-order valence-corrected chi connectivity index (χ1v) is 8.45. The van der Waals surface area contributed by atoms with E-state index < -0.39 is 6.29 Å². The van der Waals surface area contributed by atoms with Gasteiger partial charge < -0.3 is 14.8 Å². The first kappa shape index (κ1) is 17.0. The molecular weight excluding hydrogens is 326 g/mol. The third kappa shape index (κ3) is 4.57. The van der Waals surface area contributed by atoms with Gasteiger partial charge in [0.1, 0.15) is 0 Å². The van der Waals surface area contributed by atoms with Gasteiger partial charge in [-0.3, -0.25) is 4.79 Å². The van der Waals surface area contributed by atoms with Crippen molar-refractivity contribution in [3.63, 3.8) is 0 Å². The fourth-order valence-electron chi connectivity index (χ4n) is 2.64. The molecule has 0 unspecified atom stereocenters. The van der Waals surface area contributed by atoms with Crippen LogP contribution in [0.5, 0.6) is 0 Å². The molecule has 1 aliphatic heterocycles. The Labute approximate surface area is 146 Å². The zero-order valence-electron chi connectivity index (χ0n) is 13.3. The average Bonchev–Trinajstić information content (AvgIpc) is 2.59. The zero-order chi connectivity index (χ0) is 16.8. The van der Waals surface area contributed by atoms with E-state index in [-0.39, 0.29) is 11.9 Å². The molecule has 1 saturated heterocycles. The van der Waals surface area contributed by atoms with Crippen LogP contribution in [-0.2, 0) is 9.47 Å². The van der Waals surface area contributed by atoms with E-state index >= 15 is 0 Å². The van der Waals surface area contributed by atoms with Crippen LogP contribution < -0.4 is 5.32 Å². The van der Waals surface area contributed by atoms with Gasteiger partial charge in [0.15, 0.2) is 6.29 Å². The number of amides is 1. The lowest BCUT2D eigenvalue weighted by Gasteiger charge is -2.27. The molecule has 1 heterocycles. The molecule has 1 fully saturated rings. The van der Waals surface area contributed by atoms with Crippen LogP contribution in [0.25, 0.3) is 0 Å². The summed E-state index contributed by atoms with van der Waals surface area (Å²) < 4.78 is 11.6. The second-order valence-electron chi connectivity index (χ2n) is 5.77. The molecule has 0 aliphatic carbocycles. The number of nitrogens with one attached hydrogen (secondary N) is 1. The molecule has 24 heavy (non-hydrogen) atoms. The summed E-state index contributed by atoms with van der Waals surface area (Å²) >= 11 is 5.92. The van der Waals surface area contributed by atoms with Crippen LogP contribution in [0.4, 0.5) is 0 Å². The monoisotopic (exact) mass is 345 g/mol. The van der Waals surface area contributed by atoms with Crippen LogP contribution in [0, 0.1) is 0 Å². The lowest BCUT2D eigenvalue weighted by molar-refractivity contribution is -0.160. The highest BCUT2D eigenvalue weighted by Crippen LogP contribution is 2.23. The Morgan fingerprint density at radius 2 is 1.79 bits per heavy atom. The van der Waals surface area contributed by atoms with Crippen molar-refractivity contribution < 1.29 is 14.3 Å². The lowest BCUT2D eigenvalue weighted by Crippen LogP contribution is -2.39. The second-order valence-corrected chi connectivity index (χ2v) is 6.20. The van der Waals surface area contributed by atoms with E-state index in [1.54, 1.807) is 12.1 Å². The zero-order valence-corrected chi connectivity index (χ0v) is 14.0. The molecule has 4 nitrogen and oxygen atoms in total. The van der Waals surface area contributed by atoms with Gasteiger partial charge in [-0.15, -0.1) is 0 Å². The lowest BCUT2D eigenvalue weighted by atomic mass is 10.1. The molecule has 1 N–H and O–H groups in total. The first-order chi connectivity index (χ1) is 11.7. The molecular formula is C19H20ClNO3. The second kappa shape index (κ2) is 8.29. The van der Waals surface area contributed by atoms with E-state index in [1.165, 1.54) is 0 Å². The molecule has 0 aromatic heterocycles. The Kier molecular flexibility index (Phi) is 5.86. The summed E-state index contributed by atoms with van der Waals surface area (Å²) in [6, 6.07) is 16.6. The van der Waals surface area contributed by atoms with Crippen molar-refractivity contribution >= 4 is 17.5 Å². The van der Waals surface area contributed by atoms with Crippen LogP contribution in [0.1, 0.15) is 35.1 Å². The average molecular weight is 346 g/mol. The smallest absolute Gasteiger partial charge is 0.251 e. The number of rotatable bonds is 3. The fraction of sp³-hybridized carbons (Fsp3) is 0.316. The van der Waals surface area contributed by atoms with Gasteiger partial charge in [0, 0.05) is 16.1 Å². The van der Waals surface area contributed by atoms with Crippen LogP contribution in [-0.4, -0.2) is 25.2 Å². The molecule has 1 aliphatic rings. The largest absolute Gasteiger partial charge is 0.348 e. The predicted octanol–water partition coefficient (Wildman–Crippen LogP) is 3.96. The molecule has 126 valence electrons. The summed E-state index contributed by atoms with van der Waals surface area (Å²) in [5, 5.41) is 3.72. The first-order valence-electron chi connectivity index (χ1n) is 8.07. The number of ether oxygens (including phenoxy) is 2. The molecule has 2 aromatic rings. The number of halogens is 1. The van der Waals surface area contributed by atoms with E-state index in [1.807, 2.05) is 42.5 Å². The van der Waals surface area contributed by atoms with E-state index in [2.05, 4.69) is 5.32 Å². The standard InChI is InChI=1S/C19H20ClNO3/c20-16-10-8-15(9-11-16)19-23-12-4-7-17(13-24-19)21-18(22)14-5-2-1-3-6-14/h1-3,5-6,8-11,17,19H,4,7,12-13H2,(H,21,22)/t17-,19+/m0/s1. The highest BCUT2D eigenvalue weighted by Gasteiger charge is 2.21. The van der Waals surface area contributed by atoms with Gasteiger partial charge in [0.25, 0.3) is 5.91 Å². The topological polar surface area (TPSA) is 47.6 Å². The minimum atomic E-state index is -0.432. The minimum Gasteiger partial charge on any atom is -0.348 e. The molecule has 2 atom stereocenters. The maximum absolute atomic E-state index is 12.3. The SMILES string of the molecule is O=C(N[C@H]1CCCO[C@@H](c2ccc(Cl)cc2)OC1)c1ccccc1. The Hall–Kier alpha value is -1.88. The number of benzene rings is 2. The number of carbonyl (C=O) groups is 1. The number of carbonyl (C=O) groups excluding carboxylic acids is 1. The van der Waals surface area contributed by atoms with Gasteiger partial charge in [-0.1, -0.05) is 41.9 Å². The Morgan fingerprint density at radius 1 is 1.04 bits per heavy atom. The molecule has 3 rings (SSSR count). The Bertz CT molecular complexity index is 660. The van der Waals surface area contributed by atoms with Gasteiger partial charge >= 0.3 is 0 Å². The van der Waals surface area contributed by atoms with Gasteiger partial charge in [-0.2, -0.15) is 0 Å². The molecule has 5 heteroatoms. The maximum atomic E-state index is 12.3. The summed E-state index contributed by atoms with van der Waals surface area (Å²) in [5.41, 5.74) is 1.58. The third-order valence-electron chi connectivity index (χ3n) is 3.93. The third-order valence-corrected chi connectivity index (χ3v) is 4.18. The normalized spacial score (nSPS) is 21.5. The number of hydrogen-bond donors (Lipinski definition) is 1. The van der Waals surface area contributed by atoms with Gasteiger partial charge in [-0.05, 0) is 37.1 Å². The summed E-state index contributed by atoms with van der Waals surface area (Å²) in [7, 11) is 0. The molecule has 1 amide bonds. The highest BCUT2D eigenvalue weighted by atomic mass is 35.5. The van der Waals surface area contributed by atoms with E-state index in [4.69, 9.17) is 21.1 Å². The molecule has 0 radical (unpaired) electrons. The predicted molar refractivity (Wildman–Crippen MR) is 93.0 cm³/mol. The highest BCUT2D eigenvalue weighted by molar-refractivity contribution is 6.30. The van der Waals surface area contributed by atoms with Gasteiger partial charge in [0.2, 0.25) is 0 Å². The Morgan fingerprint density at radius 3 is 2.54 bits per heavy atom. The van der Waals surface area contributed by atoms with Gasteiger partial charge in [0.05, 0.1) is 19.3 Å². The van der Waals surface area contributed by atoms with Crippen LogP contribution >= 0.6 is 11.6 Å². The van der Waals surface area contributed by atoms with E-state index in [9.17, 15) is 4.79 Å². The quantitative estimate of drug-likeness (QED) is 0.915. The van der Waals surface area contributed by atoms with Crippen molar-refractivity contribution in [3.8, 4) is 0 Å². The van der Waals surface area contributed by atoms with Crippen LogP contribution in [0.15, 0.2) is 54.6 Å². The summed E-state index contributed by atoms with van der Waals surface area (Å²) in [4.78, 5) is 12.3. The van der Waals surface area contributed by atoms with Crippen molar-refractivity contribution in [1.82, 2.24) is 5.32 Å². The maximum Gasteiger partial charge on any atom is 0.251 e. The van der Waals surface area contributed by atoms with Crippen LogP contribution in [0.3, 0.4) is 0 Å². The fourth-order valence-corrected chi connectivity index (χ4v) is 2.77. The van der Waals surface area contributed by atoms with Crippen molar-refractivity contribution in [2.75, 3.05) is 13.2 Å². The van der Waals surface area contributed by atoms with Crippen molar-refractivity contribution in [3.05, 3.63) is 70.7 Å². The van der Waals surface area contributed by atoms with E-state index in [0.717, 1.165) is 18.4 Å². The molecule has 0 saturated carbocycles. The van der Waals surface area contributed by atoms with Crippen molar-refractivity contribution in [1.29, 1.82) is 0 Å². The van der Waals surface area contributed by atoms with Crippen LogP contribution in [0.2, 0.25) is 5.02 Å². The summed E-state index contributed by atoms with van der Waals surface area (Å²) in [6.45, 7) is 0.997. The summed E-state index contributed by atoms with van der Waals surface area (Å²) in [5.74, 6) is -0.0752. The van der Waals surface area contributed by atoms with E-state index in [0.29, 0.717) is 23.8 Å². The molecule has 0 spiro atoms. The van der Waals surface area contributed by atoms with Crippen molar-refractivity contribution in [2.45, 2.75) is 25.2 Å². The summed E-state index contributed by atoms with van der Waals surface area (Å²) in [6.07, 6.45) is 1.26. The number of hydrogen-bond acceptors (Lipinski definition) is 3. The minimum absolute atomic E-state index is 0.0311. The molecule has 0 bridgehead atoms.